The number of carbonyl (C=O) groups is 1. The molecule has 0 spiro atoms. The lowest BCUT2D eigenvalue weighted by Crippen LogP contribution is -2.42. The van der Waals surface area contributed by atoms with Crippen molar-refractivity contribution >= 4 is 32.4 Å². The molecule has 2 aliphatic rings. The quantitative estimate of drug-likeness (QED) is 0.590. The Balaban J connectivity index is 1.72. The fourth-order valence-electron chi connectivity index (χ4n) is 4.08. The molecular formula is C24H27NO6S2. The second kappa shape index (κ2) is 10.1. The molecule has 2 heterocycles. The molecular weight excluding hydrogens is 462 g/mol. The van der Waals surface area contributed by atoms with Crippen LogP contribution in [0.25, 0.3) is 4.91 Å². The van der Waals surface area contributed by atoms with Crippen LogP contribution in [0.2, 0.25) is 0 Å². The van der Waals surface area contributed by atoms with E-state index in [4.69, 9.17) is 14.2 Å². The van der Waals surface area contributed by atoms with Crippen molar-refractivity contribution in [3.63, 3.8) is 0 Å². The van der Waals surface area contributed by atoms with Crippen molar-refractivity contribution in [1.29, 1.82) is 0 Å². The summed E-state index contributed by atoms with van der Waals surface area (Å²) in [5, 5.41) is 0. The molecule has 2 aromatic carbocycles. The van der Waals surface area contributed by atoms with E-state index in [1.807, 2.05) is 42.5 Å². The number of benzene rings is 2. The van der Waals surface area contributed by atoms with E-state index >= 15 is 0 Å². The fourth-order valence-corrected chi connectivity index (χ4v) is 6.76. The molecule has 0 N–H and O–H groups in total. The minimum atomic E-state index is -3.19. The third-order valence-corrected chi connectivity index (χ3v) is 8.55. The highest BCUT2D eigenvalue weighted by atomic mass is 32.2. The van der Waals surface area contributed by atoms with Gasteiger partial charge in [0.15, 0.2) is 27.1 Å². The van der Waals surface area contributed by atoms with E-state index < -0.39 is 15.9 Å². The van der Waals surface area contributed by atoms with E-state index in [1.165, 1.54) is 0 Å². The fraction of sp³-hybridized carbons (Fsp3) is 0.375. The zero-order chi connectivity index (χ0) is 23.4. The van der Waals surface area contributed by atoms with Crippen LogP contribution in [0.3, 0.4) is 0 Å². The lowest BCUT2D eigenvalue weighted by Gasteiger charge is -2.31. The van der Waals surface area contributed by atoms with E-state index in [0.717, 1.165) is 21.8 Å². The van der Waals surface area contributed by atoms with E-state index in [-0.39, 0.29) is 29.7 Å². The van der Waals surface area contributed by atoms with Crippen molar-refractivity contribution in [3.05, 3.63) is 65.4 Å². The zero-order valence-corrected chi connectivity index (χ0v) is 20.3. The van der Waals surface area contributed by atoms with Gasteiger partial charge in [-0.25, -0.2) is 8.42 Å². The molecule has 1 amide bonds. The minimum Gasteiger partial charge on any atom is -0.493 e. The van der Waals surface area contributed by atoms with Gasteiger partial charge in [0.1, 0.15) is 0 Å². The summed E-state index contributed by atoms with van der Waals surface area (Å²) in [5.41, 5.74) is 1.73. The van der Waals surface area contributed by atoms with Gasteiger partial charge < -0.3 is 19.1 Å². The van der Waals surface area contributed by atoms with Gasteiger partial charge in [-0.05, 0) is 29.7 Å². The molecule has 1 fully saturated rings. The zero-order valence-electron chi connectivity index (χ0n) is 18.7. The van der Waals surface area contributed by atoms with Crippen molar-refractivity contribution in [2.75, 3.05) is 38.1 Å². The van der Waals surface area contributed by atoms with Crippen molar-refractivity contribution in [2.45, 2.75) is 19.0 Å². The molecule has 9 heteroatoms. The Morgan fingerprint density at radius 2 is 1.88 bits per heavy atom. The Hall–Kier alpha value is -2.65. The Bertz CT molecular complexity index is 1150. The van der Waals surface area contributed by atoms with Gasteiger partial charge in [-0.2, -0.15) is 0 Å². The van der Waals surface area contributed by atoms with Gasteiger partial charge in [-0.15, -0.1) is 11.8 Å². The average Bonchev–Trinajstić information content (AvgIpc) is 3.21. The van der Waals surface area contributed by atoms with Crippen molar-refractivity contribution < 1.29 is 27.4 Å². The van der Waals surface area contributed by atoms with Crippen LogP contribution in [0.15, 0.2) is 54.3 Å². The Morgan fingerprint density at radius 3 is 2.55 bits per heavy atom. The van der Waals surface area contributed by atoms with Crippen molar-refractivity contribution in [1.82, 2.24) is 4.90 Å². The molecule has 2 aliphatic heterocycles. The van der Waals surface area contributed by atoms with Gasteiger partial charge in [0.25, 0.3) is 5.91 Å². The summed E-state index contributed by atoms with van der Waals surface area (Å²) in [7, 11) is -0.0712. The van der Waals surface area contributed by atoms with Crippen LogP contribution in [0.1, 0.15) is 17.5 Å². The number of rotatable bonds is 7. The third-order valence-electron chi connectivity index (χ3n) is 5.72. The maximum Gasteiger partial charge on any atom is 0.290 e. The Morgan fingerprint density at radius 1 is 1.12 bits per heavy atom. The molecule has 7 nitrogen and oxygen atoms in total. The number of hydrogen-bond acceptors (Lipinski definition) is 7. The maximum absolute atomic E-state index is 13.8. The van der Waals surface area contributed by atoms with Crippen LogP contribution in [0.4, 0.5) is 0 Å². The first-order valence-electron chi connectivity index (χ1n) is 10.7. The summed E-state index contributed by atoms with van der Waals surface area (Å²) in [4.78, 5) is 16.3. The number of amides is 1. The van der Waals surface area contributed by atoms with Gasteiger partial charge in [-0.3, -0.25) is 4.79 Å². The maximum atomic E-state index is 13.8. The van der Waals surface area contributed by atoms with Crippen molar-refractivity contribution in [2.24, 2.45) is 0 Å². The summed E-state index contributed by atoms with van der Waals surface area (Å²) in [5.74, 6) is 1.90. The number of nitrogens with zero attached hydrogens (tertiary/aromatic N) is 1. The molecule has 176 valence electrons. The molecule has 1 unspecified atom stereocenters. The number of thioether (sulfide) groups is 1. The summed E-state index contributed by atoms with van der Waals surface area (Å²) < 4.78 is 41.1. The standard InChI is InChI=1S/C24H27NO6S2/c1-29-20-9-8-17(14-21(20)30-2)15-25(19-10-13-33(27,28)16-19)24(26)22-23(32-12-11-31-22)18-6-4-3-5-7-18/h3-9,14,19H,10-13,15-16H2,1-2H3. The molecule has 4 rings (SSSR count). The highest BCUT2D eigenvalue weighted by Gasteiger charge is 2.37. The predicted molar refractivity (Wildman–Crippen MR) is 129 cm³/mol. The summed E-state index contributed by atoms with van der Waals surface area (Å²) in [6.45, 7) is 0.661. The Kier molecular flexibility index (Phi) is 7.19. The van der Waals surface area contributed by atoms with Gasteiger partial charge in [-0.1, -0.05) is 36.4 Å². The molecule has 0 saturated carbocycles. The normalized spacial score (nSPS) is 19.6. The highest BCUT2D eigenvalue weighted by molar-refractivity contribution is 8.08. The average molecular weight is 490 g/mol. The van der Waals surface area contributed by atoms with E-state index in [9.17, 15) is 13.2 Å². The summed E-state index contributed by atoms with van der Waals surface area (Å²) in [6.07, 6.45) is 0.405. The largest absolute Gasteiger partial charge is 0.493 e. The topological polar surface area (TPSA) is 82.1 Å². The first-order chi connectivity index (χ1) is 15.9. The number of carbonyl (C=O) groups excluding carboxylic acids is 1. The van der Waals surface area contributed by atoms with Crippen molar-refractivity contribution in [3.8, 4) is 11.5 Å². The number of methoxy groups -OCH3 is 2. The second-order valence-electron chi connectivity index (χ2n) is 7.90. The molecule has 2 aromatic rings. The summed E-state index contributed by atoms with van der Waals surface area (Å²) >= 11 is 1.58. The number of ether oxygens (including phenoxy) is 3. The van der Waals surface area contributed by atoms with E-state index in [0.29, 0.717) is 24.5 Å². The van der Waals surface area contributed by atoms with Gasteiger partial charge in [0, 0.05) is 18.3 Å². The van der Waals surface area contributed by atoms with Crippen LogP contribution in [-0.2, 0) is 25.9 Å². The molecule has 0 aromatic heterocycles. The molecule has 0 aliphatic carbocycles. The predicted octanol–water partition coefficient (Wildman–Crippen LogP) is 3.35. The van der Waals surface area contributed by atoms with Gasteiger partial charge in [0.05, 0.1) is 37.2 Å². The Labute approximate surface area is 198 Å². The van der Waals surface area contributed by atoms with E-state index in [1.54, 1.807) is 36.9 Å². The molecule has 33 heavy (non-hydrogen) atoms. The minimum absolute atomic E-state index is 0.0485. The monoisotopic (exact) mass is 489 g/mol. The molecule has 1 atom stereocenters. The molecule has 1 saturated heterocycles. The SMILES string of the molecule is COc1ccc(CN(C(=O)C2=C(c3ccccc3)SCCO2)C2CCS(=O)(=O)C2)cc1OC. The van der Waals surface area contributed by atoms with Crippen LogP contribution in [0, 0.1) is 0 Å². The smallest absolute Gasteiger partial charge is 0.290 e. The lowest BCUT2D eigenvalue weighted by molar-refractivity contribution is -0.133. The van der Waals surface area contributed by atoms with Gasteiger partial charge >= 0.3 is 0 Å². The molecule has 0 bridgehead atoms. The third kappa shape index (κ3) is 5.30. The number of sulfone groups is 1. The van der Waals surface area contributed by atoms with Crippen LogP contribution in [-0.4, -0.2) is 63.4 Å². The first kappa shape index (κ1) is 23.5. The van der Waals surface area contributed by atoms with E-state index in [2.05, 4.69) is 0 Å². The van der Waals surface area contributed by atoms with Crippen LogP contribution < -0.4 is 9.47 Å². The lowest BCUT2D eigenvalue weighted by atomic mass is 10.1. The first-order valence-corrected chi connectivity index (χ1v) is 13.5. The highest BCUT2D eigenvalue weighted by Crippen LogP contribution is 2.37. The van der Waals surface area contributed by atoms with Crippen LogP contribution in [0.5, 0.6) is 11.5 Å². The molecule has 0 radical (unpaired) electrons. The number of hydrogen-bond donors (Lipinski definition) is 0. The van der Waals surface area contributed by atoms with Crippen LogP contribution >= 0.6 is 11.8 Å². The van der Waals surface area contributed by atoms with Gasteiger partial charge in [0.2, 0.25) is 0 Å². The second-order valence-corrected chi connectivity index (χ2v) is 11.2. The summed E-state index contributed by atoms with van der Waals surface area (Å²) in [6, 6.07) is 14.7.